The summed E-state index contributed by atoms with van der Waals surface area (Å²) in [6, 6.07) is 3.49. The highest BCUT2D eigenvalue weighted by Gasteiger charge is 2.35. The summed E-state index contributed by atoms with van der Waals surface area (Å²) in [5, 5.41) is 3.10. The first kappa shape index (κ1) is 15.5. The third kappa shape index (κ3) is 3.06. The van der Waals surface area contributed by atoms with Gasteiger partial charge >= 0.3 is 0 Å². The van der Waals surface area contributed by atoms with E-state index >= 15 is 0 Å². The summed E-state index contributed by atoms with van der Waals surface area (Å²) in [6.45, 7) is 4.36. The van der Waals surface area contributed by atoms with Crippen LogP contribution in [0.1, 0.15) is 43.5 Å². The van der Waals surface area contributed by atoms with Gasteiger partial charge in [0.05, 0.1) is 25.5 Å². The Balaban J connectivity index is 2.26. The monoisotopic (exact) mass is 292 g/mol. The lowest BCUT2D eigenvalue weighted by atomic mass is 9.87. The number of methoxy groups -OCH3 is 2. The summed E-state index contributed by atoms with van der Waals surface area (Å²) in [4.78, 5) is 12.5. The fourth-order valence-electron chi connectivity index (χ4n) is 2.91. The number of nitrogens with one attached hydrogen (secondary N) is 1. The fourth-order valence-corrected chi connectivity index (χ4v) is 2.91. The van der Waals surface area contributed by atoms with Gasteiger partial charge in [-0.25, -0.2) is 0 Å². The quantitative estimate of drug-likeness (QED) is 0.837. The molecule has 5 nitrogen and oxygen atoms in total. The molecule has 1 aromatic carbocycles. The molecule has 3 N–H and O–H groups in total. The first-order valence-corrected chi connectivity index (χ1v) is 7.21. The molecule has 1 amide bonds. The van der Waals surface area contributed by atoms with E-state index in [1.165, 1.54) is 7.11 Å². The maximum absolute atomic E-state index is 12.5. The van der Waals surface area contributed by atoms with Crippen LogP contribution in [0.25, 0.3) is 0 Å². The maximum Gasteiger partial charge on any atom is 0.253 e. The van der Waals surface area contributed by atoms with Crippen LogP contribution in [0.5, 0.6) is 11.5 Å². The molecule has 1 atom stereocenters. The first-order valence-electron chi connectivity index (χ1n) is 7.21. The van der Waals surface area contributed by atoms with Gasteiger partial charge in [-0.2, -0.15) is 0 Å². The van der Waals surface area contributed by atoms with Gasteiger partial charge in [0, 0.05) is 12.1 Å². The van der Waals surface area contributed by atoms with E-state index in [0.717, 1.165) is 19.3 Å². The minimum atomic E-state index is -0.176. The highest BCUT2D eigenvalue weighted by atomic mass is 16.5. The molecule has 5 heteroatoms. The van der Waals surface area contributed by atoms with Crippen LogP contribution >= 0.6 is 0 Å². The summed E-state index contributed by atoms with van der Waals surface area (Å²) in [6.07, 6.45) is 3.25. The smallest absolute Gasteiger partial charge is 0.253 e. The summed E-state index contributed by atoms with van der Waals surface area (Å²) >= 11 is 0. The fraction of sp³-hybridized carbons (Fsp3) is 0.562. The number of carbonyl (C=O) groups is 1. The zero-order chi connectivity index (χ0) is 15.6. The molecule has 21 heavy (non-hydrogen) atoms. The summed E-state index contributed by atoms with van der Waals surface area (Å²) < 4.78 is 10.4. The Hall–Kier alpha value is -1.91. The molecular weight excluding hydrogens is 268 g/mol. The van der Waals surface area contributed by atoms with Crippen molar-refractivity contribution >= 4 is 11.6 Å². The van der Waals surface area contributed by atoms with E-state index in [1.54, 1.807) is 19.2 Å². The third-order valence-corrected chi connectivity index (χ3v) is 4.38. The number of nitrogens with two attached hydrogens (primary N) is 1. The molecule has 1 unspecified atom stereocenters. The van der Waals surface area contributed by atoms with Crippen molar-refractivity contribution in [1.82, 2.24) is 5.32 Å². The zero-order valence-corrected chi connectivity index (χ0v) is 13.2. The van der Waals surface area contributed by atoms with E-state index in [1.807, 2.05) is 0 Å². The molecule has 1 fully saturated rings. The molecule has 116 valence electrons. The molecular formula is C16H24N2O3. The van der Waals surface area contributed by atoms with Gasteiger partial charge in [0.2, 0.25) is 0 Å². The number of anilines is 1. The number of hydrogen-bond acceptors (Lipinski definition) is 4. The topological polar surface area (TPSA) is 73.6 Å². The Morgan fingerprint density at radius 3 is 2.57 bits per heavy atom. The van der Waals surface area contributed by atoms with Crippen molar-refractivity contribution < 1.29 is 14.3 Å². The molecule has 1 aliphatic carbocycles. The molecule has 0 heterocycles. The number of amides is 1. The second-order valence-electron chi connectivity index (χ2n) is 6.20. The normalized spacial score (nSPS) is 20.1. The van der Waals surface area contributed by atoms with Gasteiger partial charge in [0.15, 0.2) is 0 Å². The zero-order valence-electron chi connectivity index (χ0n) is 13.2. The summed E-state index contributed by atoms with van der Waals surface area (Å²) in [7, 11) is 3.07. The van der Waals surface area contributed by atoms with Crippen LogP contribution in [0, 0.1) is 5.41 Å². The van der Waals surface area contributed by atoms with Crippen molar-refractivity contribution in [2.24, 2.45) is 5.41 Å². The van der Waals surface area contributed by atoms with Crippen LogP contribution in [-0.4, -0.2) is 26.2 Å². The van der Waals surface area contributed by atoms with Gasteiger partial charge in [-0.05, 0) is 24.3 Å². The minimum Gasteiger partial charge on any atom is -0.497 e. The van der Waals surface area contributed by atoms with E-state index in [-0.39, 0.29) is 17.4 Å². The predicted octanol–water partition coefficient (Wildman–Crippen LogP) is 2.59. The molecule has 0 saturated heterocycles. The SMILES string of the molecule is COc1cc(OC)c(N)c(C(=O)NC2CCCC2(C)C)c1. The molecule has 0 aromatic heterocycles. The molecule has 2 rings (SSSR count). The molecule has 0 spiro atoms. The van der Waals surface area contributed by atoms with E-state index in [9.17, 15) is 4.79 Å². The van der Waals surface area contributed by atoms with Crippen LogP contribution in [-0.2, 0) is 0 Å². The molecule has 1 aromatic rings. The molecule has 1 aliphatic rings. The van der Waals surface area contributed by atoms with Crippen molar-refractivity contribution in [3.8, 4) is 11.5 Å². The highest BCUT2D eigenvalue weighted by Crippen LogP contribution is 2.38. The molecule has 0 radical (unpaired) electrons. The average molecular weight is 292 g/mol. The van der Waals surface area contributed by atoms with E-state index in [4.69, 9.17) is 15.2 Å². The highest BCUT2D eigenvalue weighted by molar-refractivity contribution is 6.01. The Morgan fingerprint density at radius 2 is 2.05 bits per heavy atom. The lowest BCUT2D eigenvalue weighted by Gasteiger charge is -2.28. The third-order valence-electron chi connectivity index (χ3n) is 4.38. The lowest BCUT2D eigenvalue weighted by Crippen LogP contribution is -2.41. The van der Waals surface area contributed by atoms with Crippen molar-refractivity contribution in [3.05, 3.63) is 17.7 Å². The number of hydrogen-bond donors (Lipinski definition) is 2. The van der Waals surface area contributed by atoms with Crippen LogP contribution in [0.4, 0.5) is 5.69 Å². The van der Waals surface area contributed by atoms with Crippen molar-refractivity contribution in [2.75, 3.05) is 20.0 Å². The number of rotatable bonds is 4. The second-order valence-corrected chi connectivity index (χ2v) is 6.20. The largest absolute Gasteiger partial charge is 0.497 e. The van der Waals surface area contributed by atoms with E-state index in [0.29, 0.717) is 22.7 Å². The van der Waals surface area contributed by atoms with Crippen molar-refractivity contribution in [3.63, 3.8) is 0 Å². The maximum atomic E-state index is 12.5. The molecule has 0 bridgehead atoms. The van der Waals surface area contributed by atoms with Crippen LogP contribution in [0.2, 0.25) is 0 Å². The minimum absolute atomic E-state index is 0.118. The van der Waals surface area contributed by atoms with Gasteiger partial charge in [-0.3, -0.25) is 4.79 Å². The number of nitrogen functional groups attached to an aromatic ring is 1. The van der Waals surface area contributed by atoms with Crippen LogP contribution < -0.4 is 20.5 Å². The Morgan fingerprint density at radius 1 is 1.33 bits per heavy atom. The van der Waals surface area contributed by atoms with Gasteiger partial charge in [0.25, 0.3) is 5.91 Å². The Labute approximate surface area is 125 Å². The predicted molar refractivity (Wildman–Crippen MR) is 82.8 cm³/mol. The Kier molecular flexibility index (Phi) is 4.30. The summed E-state index contributed by atoms with van der Waals surface area (Å²) in [5.41, 5.74) is 6.87. The molecule has 0 aliphatic heterocycles. The van der Waals surface area contributed by atoms with E-state index < -0.39 is 0 Å². The van der Waals surface area contributed by atoms with Gasteiger partial charge in [0.1, 0.15) is 11.5 Å². The van der Waals surface area contributed by atoms with Gasteiger partial charge < -0.3 is 20.5 Å². The van der Waals surface area contributed by atoms with Crippen molar-refractivity contribution in [1.29, 1.82) is 0 Å². The Bertz CT molecular complexity index is 541. The average Bonchev–Trinajstić information content (AvgIpc) is 2.78. The first-order chi connectivity index (χ1) is 9.89. The van der Waals surface area contributed by atoms with Gasteiger partial charge in [-0.15, -0.1) is 0 Å². The summed E-state index contributed by atoms with van der Waals surface area (Å²) in [5.74, 6) is 0.826. The molecule has 1 saturated carbocycles. The number of benzene rings is 1. The number of ether oxygens (including phenoxy) is 2. The standard InChI is InChI=1S/C16H24N2O3/c1-16(2)7-5-6-13(16)18-15(19)11-8-10(20-3)9-12(21-4)14(11)17/h8-9,13H,5-7,17H2,1-4H3,(H,18,19). The van der Waals surface area contributed by atoms with Crippen molar-refractivity contribution in [2.45, 2.75) is 39.2 Å². The van der Waals surface area contributed by atoms with E-state index in [2.05, 4.69) is 19.2 Å². The lowest BCUT2D eigenvalue weighted by molar-refractivity contribution is 0.0910. The van der Waals surface area contributed by atoms with Gasteiger partial charge in [-0.1, -0.05) is 20.3 Å². The second kappa shape index (κ2) is 5.84. The number of carbonyl (C=O) groups excluding carboxylic acids is 1. The van der Waals surface area contributed by atoms with Crippen LogP contribution in [0.15, 0.2) is 12.1 Å². The van der Waals surface area contributed by atoms with Crippen LogP contribution in [0.3, 0.4) is 0 Å².